The van der Waals surface area contributed by atoms with Gasteiger partial charge in [0.2, 0.25) is 5.91 Å². The van der Waals surface area contributed by atoms with Crippen molar-refractivity contribution in [2.45, 2.75) is 37.4 Å². The Hall–Kier alpha value is -3.53. The van der Waals surface area contributed by atoms with Crippen LogP contribution in [0.15, 0.2) is 49.1 Å². The average molecular weight is 504 g/mol. The first-order valence-electron chi connectivity index (χ1n) is 11.9. The first-order chi connectivity index (χ1) is 17.2. The molecule has 1 aliphatic heterocycles. The van der Waals surface area contributed by atoms with Crippen LogP contribution in [-0.4, -0.2) is 41.6 Å². The summed E-state index contributed by atoms with van der Waals surface area (Å²) in [5, 5.41) is 3.72. The van der Waals surface area contributed by atoms with E-state index in [-0.39, 0.29) is 23.6 Å². The molecule has 5 rings (SSSR count). The number of nitrogens with one attached hydrogen (secondary N) is 1. The minimum atomic E-state index is -1.46. The van der Waals surface area contributed by atoms with E-state index in [0.29, 0.717) is 50.4 Å². The first-order valence-corrected chi connectivity index (χ1v) is 12.7. The highest BCUT2D eigenvalue weighted by Gasteiger charge is 2.48. The highest BCUT2D eigenvalue weighted by atomic mass is 32.1. The lowest BCUT2D eigenvalue weighted by Crippen LogP contribution is -2.53. The molecule has 3 unspecified atom stereocenters. The molecule has 0 bridgehead atoms. The van der Waals surface area contributed by atoms with Gasteiger partial charge < -0.3 is 27.4 Å². The Balaban J connectivity index is 1.59. The molecule has 3 atom stereocenters. The van der Waals surface area contributed by atoms with Crippen LogP contribution < -0.4 is 22.5 Å². The summed E-state index contributed by atoms with van der Waals surface area (Å²) in [6.45, 7) is 6.51. The van der Waals surface area contributed by atoms with Gasteiger partial charge in [0.05, 0.1) is 15.6 Å². The first kappa shape index (κ1) is 24.2. The summed E-state index contributed by atoms with van der Waals surface area (Å²) in [6.07, 6.45) is 2.79. The van der Waals surface area contributed by atoms with Crippen molar-refractivity contribution in [2.75, 3.05) is 18.8 Å². The Morgan fingerprint density at radius 2 is 2.06 bits per heavy atom. The fourth-order valence-electron chi connectivity index (χ4n) is 5.41. The molecule has 2 aliphatic rings. The number of aryl methyl sites for hydroxylation is 1. The van der Waals surface area contributed by atoms with E-state index in [2.05, 4.69) is 11.9 Å². The molecule has 1 aliphatic carbocycles. The van der Waals surface area contributed by atoms with Crippen LogP contribution in [0.4, 0.5) is 5.69 Å². The number of thiophene rings is 1. The predicted molar refractivity (Wildman–Crippen MR) is 142 cm³/mol. The number of benzene rings is 2. The second-order valence-electron chi connectivity index (χ2n) is 9.57. The van der Waals surface area contributed by atoms with Crippen molar-refractivity contribution < 1.29 is 14.4 Å². The summed E-state index contributed by atoms with van der Waals surface area (Å²) in [6, 6.07) is 9.68. The van der Waals surface area contributed by atoms with Gasteiger partial charge in [-0.1, -0.05) is 42.5 Å². The number of ketones is 1. The summed E-state index contributed by atoms with van der Waals surface area (Å²) in [4.78, 5) is 41.4. The topological polar surface area (TPSA) is 145 Å². The highest BCUT2D eigenvalue weighted by Crippen LogP contribution is 2.49. The zero-order chi connectivity index (χ0) is 25.8. The zero-order valence-electron chi connectivity index (χ0n) is 20.0. The number of amides is 2. The number of nitrogens with two attached hydrogens (primary N) is 3. The zero-order valence-corrected chi connectivity index (χ0v) is 20.9. The molecule has 3 aromatic rings. The molecule has 0 saturated carbocycles. The maximum atomic E-state index is 13.8. The molecule has 1 fully saturated rings. The van der Waals surface area contributed by atoms with Gasteiger partial charge in [-0.25, -0.2) is 0 Å². The fourth-order valence-corrected chi connectivity index (χ4v) is 6.62. The molecule has 36 heavy (non-hydrogen) atoms. The smallest absolute Gasteiger partial charge is 0.262 e. The number of nitrogen functional groups attached to an aromatic ring is 1. The molecule has 186 valence electrons. The summed E-state index contributed by atoms with van der Waals surface area (Å²) in [7, 11) is 0. The van der Waals surface area contributed by atoms with Gasteiger partial charge in [0.25, 0.3) is 5.91 Å². The van der Waals surface area contributed by atoms with E-state index in [1.807, 2.05) is 31.2 Å². The molecule has 8 nitrogen and oxygen atoms in total. The van der Waals surface area contributed by atoms with Crippen molar-refractivity contribution in [1.82, 2.24) is 10.2 Å². The van der Waals surface area contributed by atoms with E-state index in [9.17, 15) is 14.4 Å². The second kappa shape index (κ2) is 8.85. The fraction of sp³-hybridized carbons (Fsp3) is 0.296. The Morgan fingerprint density at radius 3 is 2.78 bits per heavy atom. The molecule has 2 heterocycles. The molecule has 7 N–H and O–H groups in total. The Bertz CT molecular complexity index is 1430. The third-order valence-corrected chi connectivity index (χ3v) is 8.49. The minimum absolute atomic E-state index is 0.161. The van der Waals surface area contributed by atoms with Crippen LogP contribution in [0, 0.1) is 6.92 Å². The number of nitrogens with zero attached hydrogens (tertiary/aromatic N) is 1. The van der Waals surface area contributed by atoms with Gasteiger partial charge in [-0.15, -0.1) is 11.3 Å². The third kappa shape index (κ3) is 3.62. The average Bonchev–Trinajstić information content (AvgIpc) is 3.28. The molecule has 0 spiro atoms. The number of hydrogen-bond donors (Lipinski definition) is 4. The highest BCUT2D eigenvalue weighted by molar-refractivity contribution is 7.21. The molecule has 1 saturated heterocycles. The Morgan fingerprint density at radius 1 is 1.28 bits per heavy atom. The van der Waals surface area contributed by atoms with Crippen LogP contribution in [0.1, 0.15) is 50.8 Å². The number of piperidine rings is 1. The van der Waals surface area contributed by atoms with Gasteiger partial charge in [0.1, 0.15) is 5.54 Å². The molecule has 2 amide bonds. The summed E-state index contributed by atoms with van der Waals surface area (Å²) < 4.78 is 0.685. The lowest BCUT2D eigenvalue weighted by atomic mass is 9.70. The van der Waals surface area contributed by atoms with E-state index < -0.39 is 11.6 Å². The van der Waals surface area contributed by atoms with Crippen LogP contribution in [0.3, 0.4) is 0 Å². The number of likely N-dealkylation sites (tertiary alicyclic amines) is 1. The Kier molecular flexibility index (Phi) is 5.94. The summed E-state index contributed by atoms with van der Waals surface area (Å²) in [5.74, 6) is -0.872. The molecule has 0 radical (unpaired) electrons. The molecular formula is C27H29N5O3S. The summed E-state index contributed by atoms with van der Waals surface area (Å²) in [5.41, 5.74) is 21.4. The number of rotatable bonds is 4. The van der Waals surface area contributed by atoms with Crippen molar-refractivity contribution >= 4 is 44.7 Å². The molecule has 9 heteroatoms. The van der Waals surface area contributed by atoms with Crippen molar-refractivity contribution in [2.24, 2.45) is 11.5 Å². The molecular weight excluding hydrogens is 474 g/mol. The van der Waals surface area contributed by atoms with Crippen LogP contribution >= 0.6 is 11.3 Å². The minimum Gasteiger partial charge on any atom is -0.398 e. The lowest BCUT2D eigenvalue weighted by molar-refractivity contribution is -0.127. The van der Waals surface area contributed by atoms with Crippen molar-refractivity contribution in [3.05, 3.63) is 76.2 Å². The van der Waals surface area contributed by atoms with Gasteiger partial charge in [-0.05, 0) is 43.0 Å². The number of anilines is 1. The van der Waals surface area contributed by atoms with E-state index in [4.69, 9.17) is 17.2 Å². The van der Waals surface area contributed by atoms with Gasteiger partial charge in [0, 0.05) is 35.8 Å². The monoisotopic (exact) mass is 503 g/mol. The van der Waals surface area contributed by atoms with Crippen LogP contribution in [0.2, 0.25) is 0 Å². The van der Waals surface area contributed by atoms with Crippen molar-refractivity contribution in [3.63, 3.8) is 0 Å². The van der Waals surface area contributed by atoms with E-state index >= 15 is 0 Å². The van der Waals surface area contributed by atoms with E-state index in [1.165, 1.54) is 17.4 Å². The van der Waals surface area contributed by atoms with E-state index in [1.54, 1.807) is 17.0 Å². The van der Waals surface area contributed by atoms with E-state index in [0.717, 1.165) is 18.4 Å². The largest absolute Gasteiger partial charge is 0.398 e. The quantitative estimate of drug-likeness (QED) is 0.318. The number of Topliss-reactive ketones (excluding diaryl/α,β-unsaturated/α-hetero) is 1. The number of hydrogen-bond acceptors (Lipinski definition) is 7. The van der Waals surface area contributed by atoms with Crippen molar-refractivity contribution in [3.8, 4) is 0 Å². The van der Waals surface area contributed by atoms with Gasteiger partial charge >= 0.3 is 0 Å². The van der Waals surface area contributed by atoms with Crippen molar-refractivity contribution in [1.29, 1.82) is 0 Å². The van der Waals surface area contributed by atoms with Crippen LogP contribution in [-0.2, 0) is 15.1 Å². The molecule has 2 aromatic carbocycles. The Labute approximate surface area is 213 Å². The van der Waals surface area contributed by atoms with Crippen LogP contribution in [0.25, 0.3) is 10.1 Å². The standard InChI is InChI=1S/C27H29N5O3S/c1-3-19(33)32-11-5-8-16(13-32)31-26(35)24-21-20-17(9-10-18(28)23(20)36-24)27(30,25(34)22(21)29)15-7-4-6-14(2)12-15/h3-4,6-7,9-10,12,16,22H,1,5,8,11,13,28-30H2,2H3,(H,31,35). The lowest BCUT2D eigenvalue weighted by Gasteiger charge is -2.37. The maximum Gasteiger partial charge on any atom is 0.262 e. The molecule has 1 aromatic heterocycles. The van der Waals surface area contributed by atoms with Gasteiger partial charge in [0.15, 0.2) is 5.78 Å². The number of carbonyl (C=O) groups is 3. The van der Waals surface area contributed by atoms with Gasteiger partial charge in [-0.3, -0.25) is 14.4 Å². The van der Waals surface area contributed by atoms with Gasteiger partial charge in [-0.2, -0.15) is 0 Å². The number of carbonyl (C=O) groups excluding carboxylic acids is 3. The van der Waals surface area contributed by atoms with Crippen LogP contribution in [0.5, 0.6) is 0 Å². The second-order valence-corrected chi connectivity index (χ2v) is 10.6. The summed E-state index contributed by atoms with van der Waals surface area (Å²) >= 11 is 1.22. The third-order valence-electron chi connectivity index (χ3n) is 7.24. The predicted octanol–water partition coefficient (Wildman–Crippen LogP) is 2.48. The SMILES string of the molecule is C=CC(=O)N1CCCC(NC(=O)c2sc3c(N)ccc4c3c2C(N)C(=O)C4(N)c2cccc(C)c2)C1. The normalized spacial score (nSPS) is 23.5. The maximum absolute atomic E-state index is 13.8.